The summed E-state index contributed by atoms with van der Waals surface area (Å²) >= 11 is 2.66. The second-order valence-corrected chi connectivity index (χ2v) is 8.65. The molecular weight excluding hydrogens is 438 g/mol. The number of carbonyl (C=O) groups excluding carboxylic acids is 1. The minimum absolute atomic E-state index is 0.0222. The Labute approximate surface area is 184 Å². The second kappa shape index (κ2) is 8.40. The van der Waals surface area contributed by atoms with Gasteiger partial charge in [-0.15, -0.1) is 11.3 Å². The number of thiazole rings is 1. The topological polar surface area (TPSA) is 104 Å². The van der Waals surface area contributed by atoms with Crippen LogP contribution in [0.5, 0.6) is 0 Å². The SMILES string of the molecule is CCOC(=O)C1=C(C)N=c2s/c(=C/c3ccc([N+](=O)[O-])cc3)c(=O)n2[C@H]1c1cccs1. The lowest BCUT2D eigenvalue weighted by molar-refractivity contribution is -0.384. The van der Waals surface area contributed by atoms with Crippen LogP contribution >= 0.6 is 22.7 Å². The maximum absolute atomic E-state index is 13.3. The van der Waals surface area contributed by atoms with Crippen molar-refractivity contribution in [1.82, 2.24) is 4.57 Å². The summed E-state index contributed by atoms with van der Waals surface area (Å²) in [5.41, 5.74) is 1.21. The molecule has 1 aliphatic rings. The fraction of sp³-hybridized carbons (Fsp3) is 0.190. The zero-order valence-electron chi connectivity index (χ0n) is 16.6. The van der Waals surface area contributed by atoms with E-state index in [0.717, 1.165) is 4.88 Å². The summed E-state index contributed by atoms with van der Waals surface area (Å²) in [6.45, 7) is 3.69. The molecule has 1 aromatic carbocycles. The molecule has 31 heavy (non-hydrogen) atoms. The molecule has 1 aliphatic heterocycles. The van der Waals surface area contributed by atoms with E-state index in [1.165, 1.54) is 39.4 Å². The first-order valence-electron chi connectivity index (χ1n) is 9.38. The monoisotopic (exact) mass is 455 g/mol. The third-order valence-electron chi connectivity index (χ3n) is 4.73. The smallest absolute Gasteiger partial charge is 0.338 e. The Bertz CT molecular complexity index is 1370. The number of carbonyl (C=O) groups is 1. The number of nitrogens with zero attached hydrogens (tertiary/aromatic N) is 3. The van der Waals surface area contributed by atoms with Gasteiger partial charge in [0.2, 0.25) is 0 Å². The van der Waals surface area contributed by atoms with Crippen molar-refractivity contribution in [3.05, 3.63) is 93.3 Å². The van der Waals surface area contributed by atoms with Gasteiger partial charge in [-0.25, -0.2) is 9.79 Å². The fourth-order valence-electron chi connectivity index (χ4n) is 3.35. The molecule has 0 amide bonds. The molecular formula is C21H17N3O5S2. The molecule has 4 rings (SSSR count). The summed E-state index contributed by atoms with van der Waals surface area (Å²) in [5.74, 6) is -0.494. The average Bonchev–Trinajstić information content (AvgIpc) is 3.36. The van der Waals surface area contributed by atoms with Crippen LogP contribution in [-0.4, -0.2) is 22.1 Å². The molecule has 0 fully saturated rings. The lowest BCUT2D eigenvalue weighted by atomic mass is 10.0. The highest BCUT2D eigenvalue weighted by Crippen LogP contribution is 2.33. The van der Waals surface area contributed by atoms with Crippen molar-refractivity contribution in [2.24, 2.45) is 4.99 Å². The average molecular weight is 456 g/mol. The number of ether oxygens (including phenoxy) is 1. The molecule has 8 nitrogen and oxygen atoms in total. The predicted octanol–water partition coefficient (Wildman–Crippen LogP) is 2.77. The van der Waals surface area contributed by atoms with Gasteiger partial charge in [0.15, 0.2) is 4.80 Å². The number of non-ortho nitro benzene ring substituents is 1. The number of rotatable bonds is 5. The lowest BCUT2D eigenvalue weighted by Gasteiger charge is -2.23. The highest BCUT2D eigenvalue weighted by Gasteiger charge is 2.33. The number of aromatic nitrogens is 1. The van der Waals surface area contributed by atoms with E-state index in [1.807, 2.05) is 17.5 Å². The highest BCUT2D eigenvalue weighted by molar-refractivity contribution is 7.10. The first kappa shape index (κ1) is 20.9. The summed E-state index contributed by atoms with van der Waals surface area (Å²) < 4.78 is 7.18. The third-order valence-corrected chi connectivity index (χ3v) is 6.64. The summed E-state index contributed by atoms with van der Waals surface area (Å²) in [6, 6.07) is 9.08. The van der Waals surface area contributed by atoms with Crippen molar-refractivity contribution >= 4 is 40.4 Å². The van der Waals surface area contributed by atoms with Gasteiger partial charge in [0.05, 0.1) is 27.3 Å². The number of allylic oxidation sites excluding steroid dienone is 1. The van der Waals surface area contributed by atoms with Gasteiger partial charge in [0.25, 0.3) is 11.2 Å². The Kier molecular flexibility index (Phi) is 5.66. The van der Waals surface area contributed by atoms with Crippen LogP contribution in [-0.2, 0) is 9.53 Å². The number of hydrogen-bond acceptors (Lipinski definition) is 8. The van der Waals surface area contributed by atoms with Gasteiger partial charge >= 0.3 is 5.97 Å². The molecule has 2 aromatic heterocycles. The van der Waals surface area contributed by atoms with Gasteiger partial charge in [0.1, 0.15) is 6.04 Å². The van der Waals surface area contributed by atoms with Crippen LogP contribution in [0.3, 0.4) is 0 Å². The van der Waals surface area contributed by atoms with E-state index in [9.17, 15) is 19.7 Å². The first-order valence-corrected chi connectivity index (χ1v) is 11.1. The summed E-state index contributed by atoms with van der Waals surface area (Å²) in [6.07, 6.45) is 1.67. The molecule has 10 heteroatoms. The summed E-state index contributed by atoms with van der Waals surface area (Å²) in [7, 11) is 0. The number of fused-ring (bicyclic) bond motifs is 1. The maximum atomic E-state index is 13.3. The van der Waals surface area contributed by atoms with Crippen molar-refractivity contribution in [3.8, 4) is 0 Å². The molecule has 0 saturated heterocycles. The lowest BCUT2D eigenvalue weighted by Crippen LogP contribution is -2.39. The number of nitro benzene ring substituents is 1. The van der Waals surface area contributed by atoms with E-state index < -0.39 is 16.9 Å². The Balaban J connectivity index is 1.88. The predicted molar refractivity (Wildman–Crippen MR) is 118 cm³/mol. The normalized spacial score (nSPS) is 16.1. The van der Waals surface area contributed by atoms with Crippen LogP contribution in [0.2, 0.25) is 0 Å². The van der Waals surface area contributed by atoms with Gasteiger partial charge in [0, 0.05) is 17.0 Å². The molecule has 3 aromatic rings. The number of thiophene rings is 1. The molecule has 158 valence electrons. The summed E-state index contributed by atoms with van der Waals surface area (Å²) in [4.78, 5) is 42.3. The van der Waals surface area contributed by atoms with Crippen LogP contribution < -0.4 is 14.9 Å². The highest BCUT2D eigenvalue weighted by atomic mass is 32.1. The zero-order chi connectivity index (χ0) is 22.1. The van der Waals surface area contributed by atoms with Gasteiger partial charge in [-0.1, -0.05) is 17.4 Å². The molecule has 3 heterocycles. The van der Waals surface area contributed by atoms with Crippen molar-refractivity contribution < 1.29 is 14.5 Å². The van der Waals surface area contributed by atoms with E-state index in [1.54, 1.807) is 32.1 Å². The van der Waals surface area contributed by atoms with Crippen LogP contribution in [0.4, 0.5) is 5.69 Å². The minimum Gasteiger partial charge on any atom is -0.463 e. The molecule has 0 unspecified atom stereocenters. The molecule has 1 atom stereocenters. The largest absolute Gasteiger partial charge is 0.463 e. The quantitative estimate of drug-likeness (QED) is 0.334. The van der Waals surface area contributed by atoms with Crippen LogP contribution in [0.15, 0.2) is 62.8 Å². The Morgan fingerprint density at radius 3 is 2.68 bits per heavy atom. The molecule has 0 saturated carbocycles. The number of esters is 1. The zero-order valence-corrected chi connectivity index (χ0v) is 18.2. The van der Waals surface area contributed by atoms with Crippen LogP contribution in [0, 0.1) is 10.1 Å². The van der Waals surface area contributed by atoms with Crippen molar-refractivity contribution in [3.63, 3.8) is 0 Å². The Morgan fingerprint density at radius 1 is 1.32 bits per heavy atom. The molecule has 0 aliphatic carbocycles. The number of nitro groups is 1. The number of hydrogen-bond donors (Lipinski definition) is 0. The van der Waals surface area contributed by atoms with Gasteiger partial charge in [-0.2, -0.15) is 0 Å². The second-order valence-electron chi connectivity index (χ2n) is 6.67. The first-order chi connectivity index (χ1) is 14.9. The van der Waals surface area contributed by atoms with Crippen LogP contribution in [0.25, 0.3) is 6.08 Å². The van der Waals surface area contributed by atoms with Crippen LogP contribution in [0.1, 0.15) is 30.3 Å². The van der Waals surface area contributed by atoms with Gasteiger partial charge in [-0.05, 0) is 49.1 Å². The Hall–Kier alpha value is -3.37. The standard InChI is InChI=1S/C21H17N3O5S2/c1-3-29-20(26)17-12(2)22-21-23(18(17)15-5-4-10-30-15)19(25)16(31-21)11-13-6-8-14(9-7-13)24(27)28/h4-11,18H,3H2,1-2H3/b16-11+/t18-/m0/s1. The van der Waals surface area contributed by atoms with Gasteiger partial charge < -0.3 is 4.74 Å². The fourth-order valence-corrected chi connectivity index (χ4v) is 5.22. The molecule has 0 N–H and O–H groups in total. The van der Waals surface area contributed by atoms with E-state index in [2.05, 4.69) is 4.99 Å². The number of benzene rings is 1. The van der Waals surface area contributed by atoms with Crippen molar-refractivity contribution in [2.45, 2.75) is 19.9 Å². The molecule has 0 spiro atoms. The van der Waals surface area contributed by atoms with E-state index in [4.69, 9.17) is 4.74 Å². The minimum atomic E-state index is -0.616. The van der Waals surface area contributed by atoms with Crippen molar-refractivity contribution in [2.75, 3.05) is 6.61 Å². The molecule has 0 bridgehead atoms. The van der Waals surface area contributed by atoms with Crippen molar-refractivity contribution in [1.29, 1.82) is 0 Å². The van der Waals surface area contributed by atoms with Gasteiger partial charge in [-0.3, -0.25) is 19.5 Å². The van der Waals surface area contributed by atoms with E-state index in [-0.39, 0.29) is 17.9 Å². The van der Waals surface area contributed by atoms with E-state index >= 15 is 0 Å². The maximum Gasteiger partial charge on any atom is 0.338 e. The summed E-state index contributed by atoms with van der Waals surface area (Å²) in [5, 5.41) is 12.7. The third kappa shape index (κ3) is 3.87. The van der Waals surface area contributed by atoms with E-state index in [0.29, 0.717) is 26.2 Å². The molecule has 0 radical (unpaired) electrons. The Morgan fingerprint density at radius 2 is 2.06 bits per heavy atom.